The Balaban J connectivity index is 1.67. The molecule has 0 spiro atoms. The van der Waals surface area contributed by atoms with Crippen LogP contribution in [0.5, 0.6) is 0 Å². The molecule has 0 radical (unpaired) electrons. The predicted octanol–water partition coefficient (Wildman–Crippen LogP) is 4.94. The molecular weight excluding hydrogens is 342 g/mol. The standard InChI is InChI=1S/C21H29N3OS/c1-24(15-10-6-4-7-11-15)21(25)19-18(22)16-13-14-9-5-2-3-8-12-17(14)23-20(16)26-19/h13,15H,2-12,22H2,1H3. The third-order valence-electron chi connectivity index (χ3n) is 6.14. The van der Waals surface area contributed by atoms with Crippen LogP contribution >= 0.6 is 11.3 Å². The van der Waals surface area contributed by atoms with Crippen LogP contribution in [0.25, 0.3) is 10.2 Å². The van der Waals surface area contributed by atoms with E-state index in [1.165, 1.54) is 67.5 Å². The highest BCUT2D eigenvalue weighted by Crippen LogP contribution is 2.36. The second-order valence-electron chi connectivity index (χ2n) is 7.91. The van der Waals surface area contributed by atoms with Gasteiger partial charge in [-0.15, -0.1) is 11.3 Å². The van der Waals surface area contributed by atoms with Gasteiger partial charge in [0.2, 0.25) is 0 Å². The van der Waals surface area contributed by atoms with Crippen molar-refractivity contribution < 1.29 is 4.79 Å². The van der Waals surface area contributed by atoms with Crippen molar-refractivity contribution >= 4 is 33.1 Å². The molecule has 1 fully saturated rings. The van der Waals surface area contributed by atoms with Crippen molar-refractivity contribution in [3.8, 4) is 0 Å². The zero-order chi connectivity index (χ0) is 18.1. The molecule has 2 N–H and O–H groups in total. The summed E-state index contributed by atoms with van der Waals surface area (Å²) in [6.07, 6.45) is 13.1. The average molecular weight is 372 g/mol. The number of nitrogens with zero attached hydrogens (tertiary/aromatic N) is 2. The van der Waals surface area contributed by atoms with Crippen molar-refractivity contribution in [2.24, 2.45) is 0 Å². The molecule has 0 aliphatic heterocycles. The van der Waals surface area contributed by atoms with Gasteiger partial charge in [0.05, 0.1) is 5.69 Å². The zero-order valence-corrected chi connectivity index (χ0v) is 16.5. The summed E-state index contributed by atoms with van der Waals surface area (Å²) in [7, 11) is 1.94. The van der Waals surface area contributed by atoms with Crippen molar-refractivity contribution in [1.29, 1.82) is 0 Å². The van der Waals surface area contributed by atoms with Gasteiger partial charge in [-0.2, -0.15) is 0 Å². The number of aromatic nitrogens is 1. The molecule has 5 heteroatoms. The van der Waals surface area contributed by atoms with Gasteiger partial charge in [0, 0.05) is 24.2 Å². The van der Waals surface area contributed by atoms with E-state index in [0.717, 1.165) is 35.9 Å². The number of hydrogen-bond acceptors (Lipinski definition) is 4. The second-order valence-corrected chi connectivity index (χ2v) is 8.91. The van der Waals surface area contributed by atoms with E-state index in [0.29, 0.717) is 16.6 Å². The average Bonchev–Trinajstić information content (AvgIpc) is 2.97. The number of pyridine rings is 1. The summed E-state index contributed by atoms with van der Waals surface area (Å²) in [6.45, 7) is 0. The topological polar surface area (TPSA) is 59.2 Å². The third-order valence-corrected chi connectivity index (χ3v) is 7.24. The number of carbonyl (C=O) groups is 1. The van der Waals surface area contributed by atoms with E-state index in [1.54, 1.807) is 0 Å². The molecule has 1 saturated carbocycles. The number of nitrogen functional groups attached to an aromatic ring is 1. The number of fused-ring (bicyclic) bond motifs is 2. The molecule has 2 aliphatic carbocycles. The molecule has 140 valence electrons. The molecule has 0 aromatic carbocycles. The molecule has 0 saturated heterocycles. The lowest BCUT2D eigenvalue weighted by atomic mass is 9.94. The first-order chi connectivity index (χ1) is 12.6. The van der Waals surface area contributed by atoms with Gasteiger partial charge < -0.3 is 10.6 Å². The predicted molar refractivity (Wildman–Crippen MR) is 109 cm³/mol. The minimum Gasteiger partial charge on any atom is -0.397 e. The fourth-order valence-electron chi connectivity index (χ4n) is 4.47. The second kappa shape index (κ2) is 7.55. The molecule has 2 aromatic heterocycles. The maximum Gasteiger partial charge on any atom is 0.266 e. The maximum absolute atomic E-state index is 13.1. The Morgan fingerprint density at radius 2 is 1.81 bits per heavy atom. The smallest absolute Gasteiger partial charge is 0.266 e. The molecular formula is C21H29N3OS. The van der Waals surface area contributed by atoms with Gasteiger partial charge >= 0.3 is 0 Å². The lowest BCUT2D eigenvalue weighted by Crippen LogP contribution is -2.38. The number of hydrogen-bond donors (Lipinski definition) is 1. The number of anilines is 1. The van der Waals surface area contributed by atoms with E-state index in [4.69, 9.17) is 10.7 Å². The highest BCUT2D eigenvalue weighted by atomic mass is 32.1. The summed E-state index contributed by atoms with van der Waals surface area (Å²) in [5.41, 5.74) is 9.62. The quantitative estimate of drug-likeness (QED) is 0.813. The number of nitrogens with two attached hydrogens (primary N) is 1. The van der Waals surface area contributed by atoms with Crippen LogP contribution in [0.3, 0.4) is 0 Å². The third kappa shape index (κ3) is 3.34. The van der Waals surface area contributed by atoms with Gasteiger partial charge in [0.1, 0.15) is 9.71 Å². The van der Waals surface area contributed by atoms with E-state index in [9.17, 15) is 4.79 Å². The number of thiophene rings is 1. The molecule has 26 heavy (non-hydrogen) atoms. The maximum atomic E-state index is 13.1. The first-order valence-electron chi connectivity index (χ1n) is 10.1. The molecule has 0 unspecified atom stereocenters. The van der Waals surface area contributed by atoms with E-state index in [-0.39, 0.29) is 5.91 Å². The minimum absolute atomic E-state index is 0.0739. The molecule has 4 rings (SSSR count). The van der Waals surface area contributed by atoms with Crippen LogP contribution in [0.1, 0.15) is 78.7 Å². The molecule has 4 nitrogen and oxygen atoms in total. The van der Waals surface area contributed by atoms with Crippen LogP contribution in [0.2, 0.25) is 0 Å². The highest BCUT2D eigenvalue weighted by molar-refractivity contribution is 7.21. The number of carbonyl (C=O) groups excluding carboxylic acids is 1. The van der Waals surface area contributed by atoms with Crippen molar-refractivity contribution in [1.82, 2.24) is 9.88 Å². The summed E-state index contributed by atoms with van der Waals surface area (Å²) >= 11 is 1.48. The molecule has 0 bridgehead atoms. The van der Waals surface area contributed by atoms with Crippen molar-refractivity contribution in [2.75, 3.05) is 12.8 Å². The first kappa shape index (κ1) is 17.8. The lowest BCUT2D eigenvalue weighted by Gasteiger charge is -2.31. The minimum atomic E-state index is 0.0739. The van der Waals surface area contributed by atoms with Gasteiger partial charge in [0.25, 0.3) is 5.91 Å². The van der Waals surface area contributed by atoms with Crippen LogP contribution in [-0.4, -0.2) is 28.9 Å². The monoisotopic (exact) mass is 371 g/mol. The summed E-state index contributed by atoms with van der Waals surface area (Å²) < 4.78 is 0. The van der Waals surface area contributed by atoms with Crippen molar-refractivity contribution in [2.45, 2.75) is 76.7 Å². The largest absolute Gasteiger partial charge is 0.397 e. The van der Waals surface area contributed by atoms with Crippen LogP contribution in [0.4, 0.5) is 5.69 Å². The van der Waals surface area contributed by atoms with Gasteiger partial charge in [-0.1, -0.05) is 32.1 Å². The summed E-state index contributed by atoms with van der Waals surface area (Å²) in [5.74, 6) is 0.0739. The Kier molecular flexibility index (Phi) is 5.16. The number of aryl methyl sites for hydroxylation is 2. The van der Waals surface area contributed by atoms with E-state index < -0.39 is 0 Å². The fourth-order valence-corrected chi connectivity index (χ4v) is 5.55. The Bertz CT molecular complexity index is 807. The Morgan fingerprint density at radius 1 is 1.12 bits per heavy atom. The normalized spacial score (nSPS) is 19.0. The van der Waals surface area contributed by atoms with Gasteiger partial charge in [-0.05, 0) is 50.2 Å². The molecule has 2 aromatic rings. The van der Waals surface area contributed by atoms with Gasteiger partial charge in [-0.25, -0.2) is 4.98 Å². The van der Waals surface area contributed by atoms with E-state index in [1.807, 2.05) is 11.9 Å². The van der Waals surface area contributed by atoms with Crippen LogP contribution < -0.4 is 5.73 Å². The van der Waals surface area contributed by atoms with Crippen LogP contribution in [-0.2, 0) is 12.8 Å². The van der Waals surface area contributed by atoms with E-state index in [2.05, 4.69) is 6.07 Å². The molecule has 1 amide bonds. The highest BCUT2D eigenvalue weighted by Gasteiger charge is 2.27. The SMILES string of the molecule is CN(C(=O)c1sc2nc3c(cc2c1N)CCCCCC3)C1CCCCC1. The van der Waals surface area contributed by atoms with Crippen molar-refractivity contribution in [3.63, 3.8) is 0 Å². The summed E-state index contributed by atoms with van der Waals surface area (Å²) in [6, 6.07) is 2.57. The lowest BCUT2D eigenvalue weighted by molar-refractivity contribution is 0.0702. The first-order valence-corrected chi connectivity index (χ1v) is 10.9. The zero-order valence-electron chi connectivity index (χ0n) is 15.7. The number of rotatable bonds is 2. The summed E-state index contributed by atoms with van der Waals surface area (Å²) in [4.78, 5) is 21.6. The Hall–Kier alpha value is -1.62. The van der Waals surface area contributed by atoms with Gasteiger partial charge in [-0.3, -0.25) is 4.79 Å². The van der Waals surface area contributed by atoms with Crippen molar-refractivity contribution in [3.05, 3.63) is 22.2 Å². The molecule has 2 aliphatic rings. The van der Waals surface area contributed by atoms with Gasteiger partial charge in [0.15, 0.2) is 0 Å². The Morgan fingerprint density at radius 3 is 2.58 bits per heavy atom. The fraction of sp³-hybridized carbons (Fsp3) is 0.619. The van der Waals surface area contributed by atoms with Crippen LogP contribution in [0.15, 0.2) is 6.07 Å². The van der Waals surface area contributed by atoms with Crippen LogP contribution in [0, 0.1) is 0 Å². The van der Waals surface area contributed by atoms with E-state index >= 15 is 0 Å². The Labute approximate surface area is 159 Å². The summed E-state index contributed by atoms with van der Waals surface area (Å²) in [5, 5.41) is 0.981. The molecule has 2 heterocycles. The number of amides is 1. The molecule has 0 atom stereocenters.